The first-order chi connectivity index (χ1) is 15.0. The molecule has 0 aliphatic carbocycles. The summed E-state index contributed by atoms with van der Waals surface area (Å²) in [6.45, 7) is 2.05. The van der Waals surface area contributed by atoms with E-state index in [-0.39, 0.29) is 24.6 Å². The number of benzene rings is 2. The Morgan fingerprint density at radius 1 is 1.19 bits per heavy atom. The molecule has 3 heterocycles. The fourth-order valence-electron chi connectivity index (χ4n) is 3.71. The molecule has 0 bridgehead atoms. The molecule has 1 unspecified atom stereocenters. The van der Waals surface area contributed by atoms with Crippen molar-refractivity contribution in [3.8, 4) is 11.5 Å². The van der Waals surface area contributed by atoms with Crippen LogP contribution in [0.15, 0.2) is 60.2 Å². The summed E-state index contributed by atoms with van der Waals surface area (Å²) in [6, 6.07) is 9.22. The van der Waals surface area contributed by atoms with Crippen molar-refractivity contribution in [1.29, 1.82) is 0 Å². The molecule has 10 nitrogen and oxygen atoms in total. The van der Waals surface area contributed by atoms with Gasteiger partial charge in [0.25, 0.3) is 5.69 Å². The standard InChI is InChI=1S/C21H17N5O5/c1-13-8-15-9-18-19(31-12-30-18)10-17(15)20(14-2-4-16(5-3-14)26(28)29)23-25(13)21(27)24-7-6-22-11-24/h2-7,9-11,13H,8,12H2,1H3. The van der Waals surface area contributed by atoms with E-state index in [1.165, 1.54) is 34.2 Å². The Morgan fingerprint density at radius 2 is 1.94 bits per heavy atom. The van der Waals surface area contributed by atoms with Crippen LogP contribution in [0.1, 0.15) is 23.6 Å². The first-order valence-electron chi connectivity index (χ1n) is 9.59. The van der Waals surface area contributed by atoms with Crippen molar-refractivity contribution in [2.75, 3.05) is 6.79 Å². The van der Waals surface area contributed by atoms with Gasteiger partial charge in [0.05, 0.1) is 16.7 Å². The number of rotatable bonds is 2. The zero-order valence-electron chi connectivity index (χ0n) is 16.5. The number of nitrogens with zero attached hydrogens (tertiary/aromatic N) is 5. The molecule has 0 saturated heterocycles. The average molecular weight is 419 g/mol. The van der Waals surface area contributed by atoms with Crippen LogP contribution in [-0.4, -0.2) is 44.1 Å². The molecular formula is C21H17N5O5. The number of ether oxygens (including phenoxy) is 2. The van der Waals surface area contributed by atoms with Crippen molar-refractivity contribution in [2.45, 2.75) is 19.4 Å². The molecule has 1 atom stereocenters. The van der Waals surface area contributed by atoms with Gasteiger partial charge in [0, 0.05) is 35.7 Å². The Labute approximate surface area is 176 Å². The Bertz CT molecular complexity index is 1200. The first kappa shape index (κ1) is 18.8. The summed E-state index contributed by atoms with van der Waals surface area (Å²) < 4.78 is 12.4. The highest BCUT2D eigenvalue weighted by molar-refractivity contribution is 6.14. The summed E-state index contributed by atoms with van der Waals surface area (Å²) in [5.74, 6) is 1.23. The summed E-state index contributed by atoms with van der Waals surface area (Å²) in [6.07, 6.45) is 5.04. The third-order valence-electron chi connectivity index (χ3n) is 5.27. The number of fused-ring (bicyclic) bond motifs is 2. The molecule has 156 valence electrons. The van der Waals surface area contributed by atoms with Crippen LogP contribution >= 0.6 is 0 Å². The van der Waals surface area contributed by atoms with Gasteiger partial charge in [-0.3, -0.25) is 14.7 Å². The van der Waals surface area contributed by atoms with E-state index < -0.39 is 4.92 Å². The van der Waals surface area contributed by atoms with E-state index in [1.54, 1.807) is 18.3 Å². The summed E-state index contributed by atoms with van der Waals surface area (Å²) in [5.41, 5.74) is 2.86. The van der Waals surface area contributed by atoms with Crippen LogP contribution in [0.2, 0.25) is 0 Å². The second-order valence-electron chi connectivity index (χ2n) is 7.27. The van der Waals surface area contributed by atoms with E-state index in [1.807, 2.05) is 19.1 Å². The van der Waals surface area contributed by atoms with Crippen molar-refractivity contribution in [3.05, 3.63) is 81.9 Å². The first-order valence-corrected chi connectivity index (χ1v) is 9.59. The van der Waals surface area contributed by atoms with Gasteiger partial charge in [-0.25, -0.2) is 14.8 Å². The Kier molecular flexibility index (Phi) is 4.39. The maximum absolute atomic E-state index is 13.1. The molecule has 31 heavy (non-hydrogen) atoms. The third-order valence-corrected chi connectivity index (χ3v) is 5.27. The molecule has 0 fully saturated rings. The number of hydrogen-bond donors (Lipinski definition) is 0. The normalized spacial score (nSPS) is 17.0. The van der Waals surface area contributed by atoms with Gasteiger partial charge < -0.3 is 9.47 Å². The molecule has 1 amide bonds. The Morgan fingerprint density at radius 3 is 2.61 bits per heavy atom. The molecule has 2 aliphatic heterocycles. The molecule has 1 aromatic heterocycles. The van der Waals surface area contributed by atoms with Gasteiger partial charge in [-0.15, -0.1) is 0 Å². The number of non-ortho nitro benzene ring substituents is 1. The molecule has 10 heteroatoms. The number of imidazole rings is 1. The third kappa shape index (κ3) is 3.27. The number of amides is 1. The van der Waals surface area contributed by atoms with Crippen LogP contribution < -0.4 is 9.47 Å². The molecule has 0 N–H and O–H groups in total. The van der Waals surface area contributed by atoms with Crippen molar-refractivity contribution < 1.29 is 19.2 Å². The van der Waals surface area contributed by atoms with Gasteiger partial charge in [0.1, 0.15) is 6.33 Å². The van der Waals surface area contributed by atoms with Crippen LogP contribution in [0.5, 0.6) is 11.5 Å². The molecular weight excluding hydrogens is 402 g/mol. The largest absolute Gasteiger partial charge is 0.454 e. The molecule has 0 spiro atoms. The van der Waals surface area contributed by atoms with Crippen LogP contribution in [0.4, 0.5) is 10.5 Å². The highest BCUT2D eigenvalue weighted by atomic mass is 16.7. The average Bonchev–Trinajstić information content (AvgIpc) is 3.43. The van der Waals surface area contributed by atoms with E-state index in [4.69, 9.17) is 14.6 Å². The highest BCUT2D eigenvalue weighted by Crippen LogP contribution is 2.37. The van der Waals surface area contributed by atoms with Crippen LogP contribution in [0.3, 0.4) is 0 Å². The molecule has 3 aromatic rings. The number of carbonyl (C=O) groups excluding carboxylic acids is 1. The van der Waals surface area contributed by atoms with E-state index in [0.29, 0.717) is 29.2 Å². The predicted octanol–water partition coefficient (Wildman–Crippen LogP) is 3.19. The highest BCUT2D eigenvalue weighted by Gasteiger charge is 2.30. The monoisotopic (exact) mass is 419 g/mol. The van der Waals surface area contributed by atoms with Crippen molar-refractivity contribution in [1.82, 2.24) is 14.6 Å². The molecule has 5 rings (SSSR count). The van der Waals surface area contributed by atoms with Gasteiger partial charge in [-0.1, -0.05) is 0 Å². The Hall–Kier alpha value is -4.21. The number of hydrogen-bond acceptors (Lipinski definition) is 7. The van der Waals surface area contributed by atoms with Crippen LogP contribution in [0, 0.1) is 10.1 Å². The topological polar surface area (TPSA) is 112 Å². The zero-order valence-corrected chi connectivity index (χ0v) is 16.5. The van der Waals surface area contributed by atoms with Crippen molar-refractivity contribution in [2.24, 2.45) is 5.10 Å². The zero-order chi connectivity index (χ0) is 21.5. The summed E-state index contributed by atoms with van der Waals surface area (Å²) >= 11 is 0. The smallest absolute Gasteiger partial charge is 0.350 e. The quantitative estimate of drug-likeness (QED) is 0.466. The fraction of sp³-hybridized carbons (Fsp3) is 0.190. The second kappa shape index (κ2) is 7.24. The number of hydrazone groups is 1. The second-order valence-corrected chi connectivity index (χ2v) is 7.27. The van der Waals surface area contributed by atoms with E-state index in [9.17, 15) is 14.9 Å². The van der Waals surface area contributed by atoms with E-state index in [2.05, 4.69) is 4.98 Å². The number of carbonyl (C=O) groups is 1. The lowest BCUT2D eigenvalue weighted by atomic mass is 9.94. The maximum atomic E-state index is 13.1. The summed E-state index contributed by atoms with van der Waals surface area (Å²) in [7, 11) is 0. The number of nitro benzene ring substituents is 1. The van der Waals surface area contributed by atoms with Gasteiger partial charge >= 0.3 is 6.03 Å². The Balaban J connectivity index is 1.66. The van der Waals surface area contributed by atoms with E-state index in [0.717, 1.165) is 11.1 Å². The lowest BCUT2D eigenvalue weighted by Crippen LogP contribution is -2.37. The van der Waals surface area contributed by atoms with Crippen molar-refractivity contribution >= 4 is 17.4 Å². The maximum Gasteiger partial charge on any atom is 0.350 e. The summed E-state index contributed by atoms with van der Waals surface area (Å²) in [5, 5.41) is 17.2. The summed E-state index contributed by atoms with van der Waals surface area (Å²) in [4.78, 5) is 27.7. The van der Waals surface area contributed by atoms with Gasteiger partial charge in [0.2, 0.25) is 6.79 Å². The van der Waals surface area contributed by atoms with E-state index >= 15 is 0 Å². The van der Waals surface area contributed by atoms with Crippen molar-refractivity contribution in [3.63, 3.8) is 0 Å². The minimum Gasteiger partial charge on any atom is -0.454 e. The number of nitro groups is 1. The van der Waals surface area contributed by atoms with Gasteiger partial charge in [-0.05, 0) is 43.2 Å². The van der Waals surface area contributed by atoms with Crippen LogP contribution in [0.25, 0.3) is 0 Å². The van der Waals surface area contributed by atoms with Crippen LogP contribution in [-0.2, 0) is 6.42 Å². The molecule has 0 saturated carbocycles. The molecule has 0 radical (unpaired) electrons. The SMILES string of the molecule is CC1Cc2cc3c(cc2C(c2ccc([N+](=O)[O-])cc2)=NN1C(=O)n1ccnc1)OCO3. The molecule has 2 aliphatic rings. The minimum absolute atomic E-state index is 0.0244. The lowest BCUT2D eigenvalue weighted by Gasteiger charge is -2.23. The van der Waals surface area contributed by atoms with Gasteiger partial charge in [-0.2, -0.15) is 5.10 Å². The fourth-order valence-corrected chi connectivity index (χ4v) is 3.71. The number of aromatic nitrogens is 2. The van der Waals surface area contributed by atoms with Gasteiger partial charge in [0.15, 0.2) is 11.5 Å². The molecule has 2 aromatic carbocycles. The lowest BCUT2D eigenvalue weighted by molar-refractivity contribution is -0.384. The minimum atomic E-state index is -0.457. The predicted molar refractivity (Wildman–Crippen MR) is 109 cm³/mol.